The van der Waals surface area contributed by atoms with Gasteiger partial charge in [0.25, 0.3) is 0 Å². The molecule has 15 heavy (non-hydrogen) atoms. The monoisotopic (exact) mass is 239 g/mol. The average molecular weight is 239 g/mol. The summed E-state index contributed by atoms with van der Waals surface area (Å²) in [6.07, 6.45) is 3.84. The van der Waals surface area contributed by atoms with Crippen LogP contribution in [0.15, 0.2) is 0 Å². The zero-order chi connectivity index (χ0) is 11.7. The highest BCUT2D eigenvalue weighted by Crippen LogP contribution is 2.35. The van der Waals surface area contributed by atoms with Crippen LogP contribution in [-0.4, -0.2) is 27.1 Å². The standard InChI is InChI=1S/C8H18NO5P/c10-8(9-11)6-4-2-1-3-5-7-15(12,13)14/h11H,1-7H2,(H,9,10)(H2,12,13,14). The van der Waals surface area contributed by atoms with Crippen molar-refractivity contribution in [3.8, 4) is 0 Å². The molecule has 0 saturated carbocycles. The molecular formula is C8H18NO5P. The maximum absolute atomic E-state index is 10.6. The summed E-state index contributed by atoms with van der Waals surface area (Å²) >= 11 is 0. The minimum Gasteiger partial charge on any atom is -0.324 e. The molecule has 6 nitrogen and oxygen atoms in total. The van der Waals surface area contributed by atoms with E-state index in [4.69, 9.17) is 15.0 Å². The van der Waals surface area contributed by atoms with E-state index in [0.29, 0.717) is 12.8 Å². The zero-order valence-electron chi connectivity index (χ0n) is 8.56. The number of nitrogens with one attached hydrogen (secondary N) is 1. The Hall–Kier alpha value is -0.420. The average Bonchev–Trinajstić information content (AvgIpc) is 2.14. The predicted molar refractivity (Wildman–Crippen MR) is 54.5 cm³/mol. The SMILES string of the molecule is O=C(CCCCCCCP(=O)(O)O)NO. The Bertz CT molecular complexity index is 227. The van der Waals surface area contributed by atoms with E-state index >= 15 is 0 Å². The number of amides is 1. The van der Waals surface area contributed by atoms with E-state index < -0.39 is 13.5 Å². The molecule has 0 aromatic heterocycles. The molecule has 0 bridgehead atoms. The number of rotatable bonds is 8. The molecule has 0 aromatic rings. The van der Waals surface area contributed by atoms with E-state index in [2.05, 4.69) is 0 Å². The molecule has 0 unspecified atom stereocenters. The lowest BCUT2D eigenvalue weighted by molar-refractivity contribution is -0.129. The maximum Gasteiger partial charge on any atom is 0.325 e. The van der Waals surface area contributed by atoms with Gasteiger partial charge in [0.15, 0.2) is 0 Å². The Morgan fingerprint density at radius 1 is 1.07 bits per heavy atom. The molecular weight excluding hydrogens is 221 g/mol. The molecule has 4 N–H and O–H groups in total. The van der Waals surface area contributed by atoms with Crippen LogP contribution in [0.1, 0.15) is 38.5 Å². The molecule has 0 aliphatic carbocycles. The summed E-state index contributed by atoms with van der Waals surface area (Å²) in [5.74, 6) is -0.398. The number of carbonyl (C=O) groups excluding carboxylic acids is 1. The molecule has 0 saturated heterocycles. The number of carbonyl (C=O) groups is 1. The molecule has 90 valence electrons. The molecule has 0 aliphatic rings. The van der Waals surface area contributed by atoms with Crippen molar-refractivity contribution in [3.63, 3.8) is 0 Å². The van der Waals surface area contributed by atoms with Gasteiger partial charge >= 0.3 is 7.60 Å². The molecule has 0 fully saturated rings. The van der Waals surface area contributed by atoms with Crippen LogP contribution >= 0.6 is 7.60 Å². The Morgan fingerprint density at radius 3 is 2.13 bits per heavy atom. The smallest absolute Gasteiger partial charge is 0.324 e. The van der Waals surface area contributed by atoms with Crippen LogP contribution in [0, 0.1) is 0 Å². The lowest BCUT2D eigenvalue weighted by Crippen LogP contribution is -2.17. The first kappa shape index (κ1) is 14.6. The molecule has 0 heterocycles. The van der Waals surface area contributed by atoms with Gasteiger partial charge < -0.3 is 9.79 Å². The highest BCUT2D eigenvalue weighted by Gasteiger charge is 2.10. The number of hydrogen-bond acceptors (Lipinski definition) is 3. The van der Waals surface area contributed by atoms with Crippen molar-refractivity contribution < 1.29 is 24.4 Å². The van der Waals surface area contributed by atoms with Gasteiger partial charge in [-0.3, -0.25) is 14.6 Å². The lowest BCUT2D eigenvalue weighted by atomic mass is 10.1. The highest BCUT2D eigenvalue weighted by molar-refractivity contribution is 7.51. The minimum absolute atomic E-state index is 0.0654. The first-order valence-electron chi connectivity index (χ1n) is 4.93. The summed E-state index contributed by atoms with van der Waals surface area (Å²) in [5.41, 5.74) is 1.55. The third-order valence-electron chi connectivity index (χ3n) is 1.98. The van der Waals surface area contributed by atoms with E-state index in [1.54, 1.807) is 5.48 Å². The van der Waals surface area contributed by atoms with Gasteiger partial charge in [-0.15, -0.1) is 0 Å². The van der Waals surface area contributed by atoms with Crippen LogP contribution < -0.4 is 5.48 Å². The lowest BCUT2D eigenvalue weighted by Gasteiger charge is -2.03. The summed E-state index contributed by atoms with van der Waals surface area (Å²) in [6, 6.07) is 0. The Balaban J connectivity index is 3.19. The third kappa shape index (κ3) is 11.5. The Labute approximate surface area is 88.8 Å². The number of hydroxylamine groups is 1. The van der Waals surface area contributed by atoms with E-state index in [-0.39, 0.29) is 12.6 Å². The van der Waals surface area contributed by atoms with E-state index in [1.165, 1.54) is 0 Å². The van der Waals surface area contributed by atoms with Crippen molar-refractivity contribution in [3.05, 3.63) is 0 Å². The van der Waals surface area contributed by atoms with E-state index in [9.17, 15) is 9.36 Å². The van der Waals surface area contributed by atoms with Crippen molar-refractivity contribution in [1.82, 2.24) is 5.48 Å². The Kier molecular flexibility index (Phi) is 7.60. The fourth-order valence-electron chi connectivity index (χ4n) is 1.19. The van der Waals surface area contributed by atoms with E-state index in [1.807, 2.05) is 0 Å². The van der Waals surface area contributed by atoms with Gasteiger partial charge in [-0.1, -0.05) is 19.3 Å². The molecule has 0 atom stereocenters. The molecule has 0 spiro atoms. The number of unbranched alkanes of at least 4 members (excludes halogenated alkanes) is 4. The molecule has 0 rings (SSSR count). The van der Waals surface area contributed by atoms with Gasteiger partial charge in [-0.25, -0.2) is 5.48 Å². The summed E-state index contributed by atoms with van der Waals surface area (Å²) in [5, 5.41) is 8.18. The zero-order valence-corrected chi connectivity index (χ0v) is 9.45. The van der Waals surface area contributed by atoms with Gasteiger partial charge in [-0.2, -0.15) is 0 Å². The third-order valence-corrected chi connectivity index (χ3v) is 2.88. The van der Waals surface area contributed by atoms with Crippen LogP contribution in [0.3, 0.4) is 0 Å². The minimum atomic E-state index is -3.84. The van der Waals surface area contributed by atoms with Crippen molar-refractivity contribution in [2.75, 3.05) is 6.16 Å². The van der Waals surface area contributed by atoms with Crippen LogP contribution in [0.25, 0.3) is 0 Å². The number of hydrogen-bond donors (Lipinski definition) is 4. The summed E-state index contributed by atoms with van der Waals surface area (Å²) < 4.78 is 10.5. The second-order valence-electron chi connectivity index (χ2n) is 3.44. The van der Waals surface area contributed by atoms with Gasteiger partial charge in [0.05, 0.1) is 0 Å². The van der Waals surface area contributed by atoms with Crippen molar-refractivity contribution >= 4 is 13.5 Å². The van der Waals surface area contributed by atoms with Gasteiger partial charge in [0.1, 0.15) is 0 Å². The maximum atomic E-state index is 10.6. The first-order chi connectivity index (χ1) is 6.95. The van der Waals surface area contributed by atoms with Crippen LogP contribution in [-0.2, 0) is 9.36 Å². The van der Waals surface area contributed by atoms with Crippen molar-refractivity contribution in [2.24, 2.45) is 0 Å². The highest BCUT2D eigenvalue weighted by atomic mass is 31.2. The predicted octanol–water partition coefficient (Wildman–Crippen LogP) is 1.01. The topological polar surface area (TPSA) is 107 Å². The molecule has 0 aromatic carbocycles. The summed E-state index contributed by atoms with van der Waals surface area (Å²) in [6.45, 7) is 0. The fraction of sp³-hybridized carbons (Fsp3) is 0.875. The van der Waals surface area contributed by atoms with Gasteiger partial charge in [0, 0.05) is 12.6 Å². The normalized spacial score (nSPS) is 11.4. The molecule has 0 aliphatic heterocycles. The Morgan fingerprint density at radius 2 is 1.60 bits per heavy atom. The molecule has 7 heteroatoms. The van der Waals surface area contributed by atoms with Crippen molar-refractivity contribution in [1.29, 1.82) is 0 Å². The van der Waals surface area contributed by atoms with Gasteiger partial charge in [-0.05, 0) is 12.8 Å². The van der Waals surface area contributed by atoms with Crippen molar-refractivity contribution in [2.45, 2.75) is 38.5 Å². The second kappa shape index (κ2) is 7.82. The summed E-state index contributed by atoms with van der Waals surface area (Å²) in [4.78, 5) is 27.7. The molecule has 0 radical (unpaired) electrons. The van der Waals surface area contributed by atoms with Crippen LogP contribution in [0.4, 0.5) is 0 Å². The summed E-state index contributed by atoms with van der Waals surface area (Å²) in [7, 11) is -3.84. The first-order valence-corrected chi connectivity index (χ1v) is 6.73. The second-order valence-corrected chi connectivity index (χ2v) is 5.22. The largest absolute Gasteiger partial charge is 0.325 e. The van der Waals surface area contributed by atoms with Crippen LogP contribution in [0.5, 0.6) is 0 Å². The van der Waals surface area contributed by atoms with E-state index in [0.717, 1.165) is 19.3 Å². The quantitative estimate of drug-likeness (QED) is 0.219. The molecule has 1 amide bonds. The fourth-order valence-corrected chi connectivity index (χ4v) is 1.83. The van der Waals surface area contributed by atoms with Crippen LogP contribution in [0.2, 0.25) is 0 Å². The van der Waals surface area contributed by atoms with Gasteiger partial charge in [0.2, 0.25) is 5.91 Å².